The molecule has 36 heavy (non-hydrogen) atoms. The van der Waals surface area contributed by atoms with Crippen LogP contribution in [0.15, 0.2) is 11.4 Å². The van der Waals surface area contributed by atoms with E-state index in [9.17, 15) is 24.0 Å². The first kappa shape index (κ1) is 27.5. The summed E-state index contributed by atoms with van der Waals surface area (Å²) in [5, 5.41) is 5.74. The number of carbonyl (C=O) groups excluding carboxylic acids is 5. The standard InChI is InChI=1S/C25H40N6O5/c1-7-8-13-28(4)20(33)18(19(26-2)27-3)21(34)31(16-32)17-9-11-24(12-10-17)14-25(15-24)22(35)29(5)23(36)30(25)6/h16-17,26-27H,7-15H2,1-6H3. The first-order valence-electron chi connectivity index (χ1n) is 12.7. The summed E-state index contributed by atoms with van der Waals surface area (Å²) in [6, 6.07) is -0.615. The van der Waals surface area contributed by atoms with E-state index in [-0.39, 0.29) is 34.8 Å². The fourth-order valence-electron chi connectivity index (χ4n) is 6.17. The molecule has 0 radical (unpaired) electrons. The second kappa shape index (κ2) is 10.5. The largest absolute Gasteiger partial charge is 0.374 e. The van der Waals surface area contributed by atoms with Gasteiger partial charge in [-0.05, 0) is 50.4 Å². The number of urea groups is 1. The van der Waals surface area contributed by atoms with Gasteiger partial charge in [-0.15, -0.1) is 0 Å². The Morgan fingerprint density at radius 1 is 1.08 bits per heavy atom. The molecule has 1 heterocycles. The lowest BCUT2D eigenvalue weighted by molar-refractivity contribution is -0.150. The van der Waals surface area contributed by atoms with Gasteiger partial charge in [-0.3, -0.25) is 29.0 Å². The van der Waals surface area contributed by atoms with Gasteiger partial charge in [0.15, 0.2) is 0 Å². The van der Waals surface area contributed by atoms with Crippen LogP contribution in [0.5, 0.6) is 0 Å². The number of unbranched alkanes of at least 4 members (excludes halogenated alkanes) is 1. The monoisotopic (exact) mass is 504 g/mol. The highest BCUT2D eigenvalue weighted by atomic mass is 16.2. The Kier molecular flexibility index (Phi) is 8.00. The van der Waals surface area contributed by atoms with Gasteiger partial charge in [-0.25, -0.2) is 4.79 Å². The quantitative estimate of drug-likeness (QED) is 0.157. The minimum atomic E-state index is -0.765. The molecule has 1 saturated heterocycles. The topological polar surface area (TPSA) is 122 Å². The summed E-state index contributed by atoms with van der Waals surface area (Å²) in [6.45, 7) is 2.53. The average molecular weight is 505 g/mol. The minimum Gasteiger partial charge on any atom is -0.374 e. The van der Waals surface area contributed by atoms with Crippen LogP contribution in [-0.4, -0.2) is 103 Å². The molecule has 3 aliphatic rings. The molecular weight excluding hydrogens is 464 g/mol. The van der Waals surface area contributed by atoms with Gasteiger partial charge in [0.1, 0.15) is 16.9 Å². The van der Waals surface area contributed by atoms with E-state index in [1.165, 1.54) is 16.8 Å². The fourth-order valence-corrected chi connectivity index (χ4v) is 6.17. The number of nitrogens with zero attached hydrogens (tertiary/aromatic N) is 4. The second-order valence-corrected chi connectivity index (χ2v) is 10.5. The van der Waals surface area contributed by atoms with Crippen molar-refractivity contribution in [3.63, 3.8) is 0 Å². The Morgan fingerprint density at radius 2 is 1.67 bits per heavy atom. The fraction of sp³-hybridized carbons (Fsp3) is 0.720. The molecule has 6 amide bonds. The zero-order chi connectivity index (χ0) is 26.8. The molecular formula is C25H40N6O5. The molecule has 2 spiro atoms. The van der Waals surface area contributed by atoms with Crippen LogP contribution >= 0.6 is 0 Å². The lowest BCUT2D eigenvalue weighted by Crippen LogP contribution is -2.63. The van der Waals surface area contributed by atoms with Crippen LogP contribution < -0.4 is 10.6 Å². The third-order valence-electron chi connectivity index (χ3n) is 8.38. The van der Waals surface area contributed by atoms with Crippen molar-refractivity contribution in [2.24, 2.45) is 5.41 Å². The van der Waals surface area contributed by atoms with Gasteiger partial charge in [-0.2, -0.15) is 0 Å². The van der Waals surface area contributed by atoms with Gasteiger partial charge in [0.05, 0.1) is 0 Å². The maximum absolute atomic E-state index is 13.6. The Hall–Kier alpha value is -3.11. The highest BCUT2D eigenvalue weighted by Crippen LogP contribution is 2.60. The zero-order valence-corrected chi connectivity index (χ0v) is 22.3. The SMILES string of the molecule is CCCCN(C)C(=O)C(C(=O)N(C=O)C1CCC2(CC1)CC1(C2)C(=O)N(C)C(=O)N1C)=C(NC)NC. The van der Waals surface area contributed by atoms with Crippen molar-refractivity contribution in [1.82, 2.24) is 30.2 Å². The van der Waals surface area contributed by atoms with Crippen molar-refractivity contribution in [2.45, 2.75) is 69.9 Å². The van der Waals surface area contributed by atoms with Crippen molar-refractivity contribution < 1.29 is 24.0 Å². The Labute approximate surface area is 213 Å². The first-order valence-corrected chi connectivity index (χ1v) is 12.7. The molecule has 0 unspecified atom stereocenters. The predicted octanol–water partition coefficient (Wildman–Crippen LogP) is 0.866. The molecule has 2 aliphatic carbocycles. The summed E-state index contributed by atoms with van der Waals surface area (Å²) in [7, 11) is 8.08. The molecule has 0 atom stereocenters. The molecule has 11 heteroatoms. The Balaban J connectivity index is 1.73. The van der Waals surface area contributed by atoms with E-state index in [2.05, 4.69) is 10.6 Å². The van der Waals surface area contributed by atoms with Gasteiger partial charge >= 0.3 is 6.03 Å². The number of carbonyl (C=O) groups is 5. The number of amides is 6. The summed E-state index contributed by atoms with van der Waals surface area (Å²) >= 11 is 0. The van der Waals surface area contributed by atoms with E-state index in [4.69, 9.17) is 0 Å². The molecule has 3 fully saturated rings. The van der Waals surface area contributed by atoms with Crippen molar-refractivity contribution in [2.75, 3.05) is 41.8 Å². The van der Waals surface area contributed by atoms with Crippen LogP contribution in [-0.2, 0) is 19.2 Å². The maximum atomic E-state index is 13.6. The lowest BCUT2D eigenvalue weighted by Gasteiger charge is -2.58. The lowest BCUT2D eigenvalue weighted by atomic mass is 9.51. The van der Waals surface area contributed by atoms with Gasteiger partial charge in [0.2, 0.25) is 6.41 Å². The summed E-state index contributed by atoms with van der Waals surface area (Å²) in [6.07, 6.45) is 6.10. The van der Waals surface area contributed by atoms with E-state index >= 15 is 0 Å². The number of nitrogens with one attached hydrogen (secondary N) is 2. The molecule has 1 aliphatic heterocycles. The third-order valence-corrected chi connectivity index (χ3v) is 8.38. The molecule has 2 N–H and O–H groups in total. The van der Waals surface area contributed by atoms with Gasteiger partial charge in [0.25, 0.3) is 17.7 Å². The van der Waals surface area contributed by atoms with Crippen LogP contribution in [0, 0.1) is 5.41 Å². The highest BCUT2D eigenvalue weighted by Gasteiger charge is 2.67. The number of likely N-dealkylation sites (N-methyl/N-ethyl adjacent to an activating group) is 3. The molecule has 0 aromatic rings. The second-order valence-electron chi connectivity index (χ2n) is 10.5. The summed E-state index contributed by atoms with van der Waals surface area (Å²) < 4.78 is 0. The highest BCUT2D eigenvalue weighted by molar-refractivity contribution is 6.20. The van der Waals surface area contributed by atoms with Crippen molar-refractivity contribution in [1.29, 1.82) is 0 Å². The number of rotatable bonds is 9. The van der Waals surface area contributed by atoms with E-state index in [0.29, 0.717) is 38.6 Å². The molecule has 3 rings (SSSR count). The first-order chi connectivity index (χ1) is 17.0. The molecule has 11 nitrogen and oxygen atoms in total. The van der Waals surface area contributed by atoms with Crippen LogP contribution in [0.25, 0.3) is 0 Å². The molecule has 0 aromatic heterocycles. The summed E-state index contributed by atoms with van der Waals surface area (Å²) in [5.41, 5.74) is -0.939. The average Bonchev–Trinajstić information content (AvgIpc) is 3.02. The van der Waals surface area contributed by atoms with Gasteiger partial charge in [-0.1, -0.05) is 13.3 Å². The van der Waals surface area contributed by atoms with Crippen LogP contribution in [0.1, 0.15) is 58.3 Å². The van der Waals surface area contributed by atoms with E-state index in [0.717, 1.165) is 30.6 Å². The Bertz CT molecular complexity index is 941. The zero-order valence-electron chi connectivity index (χ0n) is 22.3. The van der Waals surface area contributed by atoms with Gasteiger partial charge < -0.3 is 20.4 Å². The third kappa shape index (κ3) is 4.43. The minimum absolute atomic E-state index is 0.0839. The summed E-state index contributed by atoms with van der Waals surface area (Å²) in [5.74, 6) is -0.950. The number of hydrogen-bond acceptors (Lipinski definition) is 7. The van der Waals surface area contributed by atoms with Gasteiger partial charge in [0, 0.05) is 47.8 Å². The molecule has 0 aromatic carbocycles. The Morgan fingerprint density at radius 3 is 2.11 bits per heavy atom. The van der Waals surface area contributed by atoms with Crippen molar-refractivity contribution >= 4 is 30.2 Å². The van der Waals surface area contributed by atoms with E-state index in [1.54, 1.807) is 33.1 Å². The smallest absolute Gasteiger partial charge is 0.327 e. The number of hydrogen-bond donors (Lipinski definition) is 2. The van der Waals surface area contributed by atoms with Crippen molar-refractivity contribution in [3.8, 4) is 0 Å². The van der Waals surface area contributed by atoms with E-state index in [1.807, 2.05) is 6.92 Å². The van der Waals surface area contributed by atoms with Crippen LogP contribution in [0.4, 0.5) is 4.79 Å². The van der Waals surface area contributed by atoms with Crippen LogP contribution in [0.2, 0.25) is 0 Å². The van der Waals surface area contributed by atoms with E-state index < -0.39 is 17.4 Å². The molecule has 2 saturated carbocycles. The number of imide groups is 2. The van der Waals surface area contributed by atoms with Crippen LogP contribution in [0.3, 0.4) is 0 Å². The maximum Gasteiger partial charge on any atom is 0.327 e. The summed E-state index contributed by atoms with van der Waals surface area (Å²) in [4.78, 5) is 69.4. The normalized spacial score (nSPS) is 27.1. The molecule has 0 bridgehead atoms. The molecule has 200 valence electrons. The predicted molar refractivity (Wildman–Crippen MR) is 133 cm³/mol. The van der Waals surface area contributed by atoms with Crippen molar-refractivity contribution in [3.05, 3.63) is 11.4 Å².